The van der Waals surface area contributed by atoms with Gasteiger partial charge in [-0.15, -0.1) is 0 Å². The number of anilines is 1. The molecule has 126 valence electrons. The van der Waals surface area contributed by atoms with Crippen molar-refractivity contribution in [1.82, 2.24) is 5.32 Å². The van der Waals surface area contributed by atoms with Gasteiger partial charge in [0.1, 0.15) is 5.75 Å². The lowest BCUT2D eigenvalue weighted by Crippen LogP contribution is -2.32. The molecule has 0 atom stereocenters. The summed E-state index contributed by atoms with van der Waals surface area (Å²) in [5.74, 6) is 0.602. The summed E-state index contributed by atoms with van der Waals surface area (Å²) in [4.78, 5) is 21.8. The second-order valence-electron chi connectivity index (χ2n) is 5.09. The number of aryl methyl sites for hydroxylation is 2. The summed E-state index contributed by atoms with van der Waals surface area (Å²) in [6.45, 7) is 3.72. The molecule has 8 heteroatoms. The molecule has 0 aliphatic rings. The Morgan fingerprint density at radius 3 is 2.33 bits per heavy atom. The van der Waals surface area contributed by atoms with E-state index < -0.39 is 11.0 Å². The minimum Gasteiger partial charge on any atom is -0.473 e. The molecule has 2 aromatic carbocycles. The third-order valence-electron chi connectivity index (χ3n) is 3.22. The van der Waals surface area contributed by atoms with E-state index in [1.807, 2.05) is 13.8 Å². The highest BCUT2D eigenvalue weighted by molar-refractivity contribution is 6.32. The van der Waals surface area contributed by atoms with Gasteiger partial charge in [-0.25, -0.2) is 4.79 Å². The number of hydrogen-bond donors (Lipinski definition) is 2. The van der Waals surface area contributed by atoms with Crippen molar-refractivity contribution in [2.24, 2.45) is 0 Å². The van der Waals surface area contributed by atoms with Crippen LogP contribution in [0.15, 0.2) is 36.4 Å². The van der Waals surface area contributed by atoms with E-state index in [0.29, 0.717) is 16.5 Å². The van der Waals surface area contributed by atoms with E-state index in [4.69, 9.17) is 16.3 Å². The van der Waals surface area contributed by atoms with Crippen LogP contribution in [0.1, 0.15) is 11.1 Å². The van der Waals surface area contributed by atoms with E-state index in [0.717, 1.165) is 11.1 Å². The van der Waals surface area contributed by atoms with Crippen LogP contribution in [-0.2, 0) is 0 Å². The quantitative estimate of drug-likeness (QED) is 0.484. The number of urea groups is 1. The van der Waals surface area contributed by atoms with E-state index in [9.17, 15) is 14.9 Å². The lowest BCUT2D eigenvalue weighted by atomic mass is 10.1. The van der Waals surface area contributed by atoms with Crippen LogP contribution in [0.4, 0.5) is 16.2 Å². The van der Waals surface area contributed by atoms with Crippen LogP contribution in [-0.4, -0.2) is 17.7 Å². The Labute approximate surface area is 143 Å². The zero-order valence-electron chi connectivity index (χ0n) is 13.1. The van der Waals surface area contributed by atoms with Gasteiger partial charge in [-0.1, -0.05) is 11.6 Å². The molecule has 0 aliphatic carbocycles. The number of benzene rings is 2. The SMILES string of the molecule is Cc1cc(OCNC(=O)Nc2ccc([N+](=O)[O-])cc2)cc(C)c1Cl. The van der Waals surface area contributed by atoms with Crippen molar-refractivity contribution in [2.45, 2.75) is 13.8 Å². The fourth-order valence-corrected chi connectivity index (χ4v) is 2.13. The van der Waals surface area contributed by atoms with E-state index in [1.54, 1.807) is 12.1 Å². The van der Waals surface area contributed by atoms with Crippen LogP contribution in [0, 0.1) is 24.0 Å². The molecule has 0 fully saturated rings. The molecule has 0 spiro atoms. The number of amides is 2. The van der Waals surface area contributed by atoms with Gasteiger partial charge in [-0.2, -0.15) is 0 Å². The Bertz CT molecular complexity index is 739. The average molecular weight is 350 g/mol. The number of ether oxygens (including phenoxy) is 1. The van der Waals surface area contributed by atoms with Crippen molar-refractivity contribution < 1.29 is 14.5 Å². The van der Waals surface area contributed by atoms with Crippen molar-refractivity contribution in [3.63, 3.8) is 0 Å². The summed E-state index contributed by atoms with van der Waals surface area (Å²) < 4.78 is 5.46. The first-order valence-electron chi connectivity index (χ1n) is 7.05. The summed E-state index contributed by atoms with van der Waals surface area (Å²) >= 11 is 6.08. The molecule has 0 aromatic heterocycles. The lowest BCUT2D eigenvalue weighted by molar-refractivity contribution is -0.384. The number of carbonyl (C=O) groups is 1. The monoisotopic (exact) mass is 349 g/mol. The summed E-state index contributed by atoms with van der Waals surface area (Å²) in [6, 6.07) is 8.61. The number of halogens is 1. The van der Waals surface area contributed by atoms with Gasteiger partial charge in [0.2, 0.25) is 0 Å². The van der Waals surface area contributed by atoms with Gasteiger partial charge in [0.15, 0.2) is 6.73 Å². The third-order valence-corrected chi connectivity index (χ3v) is 3.81. The summed E-state index contributed by atoms with van der Waals surface area (Å²) in [7, 11) is 0. The summed E-state index contributed by atoms with van der Waals surface area (Å²) in [6.07, 6.45) is 0. The van der Waals surface area contributed by atoms with Gasteiger partial charge in [-0.05, 0) is 49.2 Å². The van der Waals surface area contributed by atoms with Crippen molar-refractivity contribution >= 4 is 29.0 Å². The molecule has 24 heavy (non-hydrogen) atoms. The van der Waals surface area contributed by atoms with Gasteiger partial charge < -0.3 is 15.4 Å². The maximum Gasteiger partial charge on any atom is 0.321 e. The topological polar surface area (TPSA) is 93.5 Å². The molecule has 2 N–H and O–H groups in total. The zero-order chi connectivity index (χ0) is 17.7. The van der Waals surface area contributed by atoms with Gasteiger partial charge in [0, 0.05) is 22.8 Å². The molecule has 0 saturated heterocycles. The van der Waals surface area contributed by atoms with Gasteiger partial charge in [-0.3, -0.25) is 10.1 Å². The first kappa shape index (κ1) is 17.6. The molecule has 0 heterocycles. The minimum absolute atomic E-state index is 0.0284. The molecule has 0 unspecified atom stereocenters. The average Bonchev–Trinajstić information content (AvgIpc) is 2.53. The molecule has 7 nitrogen and oxygen atoms in total. The number of nitro groups is 1. The van der Waals surface area contributed by atoms with Crippen LogP contribution >= 0.6 is 11.6 Å². The highest BCUT2D eigenvalue weighted by atomic mass is 35.5. The molecule has 0 saturated carbocycles. The molecule has 2 rings (SSSR count). The number of non-ortho nitro benzene ring substituents is 1. The maximum atomic E-state index is 11.8. The smallest absolute Gasteiger partial charge is 0.321 e. The van der Waals surface area contributed by atoms with Gasteiger partial charge in [0.05, 0.1) is 4.92 Å². The van der Waals surface area contributed by atoms with Gasteiger partial charge in [0.25, 0.3) is 5.69 Å². The second-order valence-corrected chi connectivity index (χ2v) is 5.47. The van der Waals surface area contributed by atoms with E-state index >= 15 is 0 Å². The van der Waals surface area contributed by atoms with Crippen LogP contribution in [0.3, 0.4) is 0 Å². The molecule has 2 amide bonds. The number of hydrogen-bond acceptors (Lipinski definition) is 4. The Morgan fingerprint density at radius 2 is 1.79 bits per heavy atom. The Morgan fingerprint density at radius 1 is 1.21 bits per heavy atom. The summed E-state index contributed by atoms with van der Waals surface area (Å²) in [5, 5.41) is 16.3. The summed E-state index contributed by atoms with van der Waals surface area (Å²) in [5.41, 5.74) is 2.18. The van der Waals surface area contributed by atoms with Crippen LogP contribution in [0.25, 0.3) is 0 Å². The molecule has 0 aliphatic heterocycles. The first-order chi connectivity index (χ1) is 11.4. The fraction of sp³-hybridized carbons (Fsp3) is 0.188. The van der Waals surface area contributed by atoms with Crippen molar-refractivity contribution in [3.8, 4) is 5.75 Å². The van der Waals surface area contributed by atoms with E-state index in [-0.39, 0.29) is 12.4 Å². The number of nitrogens with one attached hydrogen (secondary N) is 2. The highest BCUT2D eigenvalue weighted by Gasteiger charge is 2.07. The Balaban J connectivity index is 1.84. The number of nitrogens with zero attached hydrogens (tertiary/aromatic N) is 1. The van der Waals surface area contributed by atoms with Crippen molar-refractivity contribution in [1.29, 1.82) is 0 Å². The second kappa shape index (κ2) is 7.65. The largest absolute Gasteiger partial charge is 0.473 e. The molecular weight excluding hydrogens is 334 g/mol. The van der Waals surface area contributed by atoms with Crippen LogP contribution < -0.4 is 15.4 Å². The normalized spacial score (nSPS) is 10.1. The van der Waals surface area contributed by atoms with Crippen molar-refractivity contribution in [2.75, 3.05) is 12.0 Å². The molecule has 0 bridgehead atoms. The lowest BCUT2D eigenvalue weighted by Gasteiger charge is -2.11. The molecule has 0 radical (unpaired) electrons. The Kier molecular flexibility index (Phi) is 5.59. The fourth-order valence-electron chi connectivity index (χ4n) is 2.02. The predicted molar refractivity (Wildman–Crippen MR) is 91.7 cm³/mol. The highest BCUT2D eigenvalue weighted by Crippen LogP contribution is 2.25. The molecule has 2 aromatic rings. The number of nitro benzene ring substituents is 1. The maximum absolute atomic E-state index is 11.8. The number of rotatable bonds is 5. The van der Waals surface area contributed by atoms with E-state index in [2.05, 4.69) is 10.6 Å². The third kappa shape index (κ3) is 4.60. The van der Waals surface area contributed by atoms with Gasteiger partial charge >= 0.3 is 6.03 Å². The minimum atomic E-state index is -0.506. The molecular formula is C16H16ClN3O4. The number of carbonyl (C=O) groups excluding carboxylic acids is 1. The van der Waals surface area contributed by atoms with Crippen molar-refractivity contribution in [3.05, 3.63) is 62.7 Å². The first-order valence-corrected chi connectivity index (χ1v) is 7.43. The van der Waals surface area contributed by atoms with Crippen LogP contribution in [0.2, 0.25) is 5.02 Å². The predicted octanol–water partition coefficient (Wildman–Crippen LogP) is 4.02. The Hall–Kier alpha value is -2.80. The zero-order valence-corrected chi connectivity index (χ0v) is 13.9. The van der Waals surface area contributed by atoms with Crippen LogP contribution in [0.5, 0.6) is 5.75 Å². The van der Waals surface area contributed by atoms with E-state index in [1.165, 1.54) is 24.3 Å². The standard InChI is InChI=1S/C16H16ClN3O4/c1-10-7-14(8-11(2)15(10)17)24-9-18-16(21)19-12-3-5-13(6-4-12)20(22)23/h3-8H,9H2,1-2H3,(H2,18,19,21).